The maximum absolute atomic E-state index is 11.5. The molecule has 2 amide bonds. The molecule has 0 bridgehead atoms. The number of rotatable bonds is 5. The molecule has 0 saturated carbocycles. The number of carbonyl (C=O) groups excluding carboxylic acids is 1. The quantitative estimate of drug-likeness (QED) is 0.644. The number of aliphatic hydroxyl groups excluding tert-OH is 1. The zero-order valence-corrected chi connectivity index (χ0v) is 10.8. The van der Waals surface area contributed by atoms with Gasteiger partial charge in [0, 0.05) is 6.07 Å². The van der Waals surface area contributed by atoms with Gasteiger partial charge in [-0.05, 0) is 12.1 Å². The summed E-state index contributed by atoms with van der Waals surface area (Å²) < 4.78 is 4.97. The number of hydrogen-bond donors (Lipinski definition) is 4. The lowest BCUT2D eigenvalue weighted by molar-refractivity contribution is -0.140. The summed E-state index contributed by atoms with van der Waals surface area (Å²) in [5.41, 5.74) is 0.264. The number of aliphatic carboxylic acids is 1. The van der Waals surface area contributed by atoms with Gasteiger partial charge in [-0.15, -0.1) is 0 Å². The number of ether oxygens (including phenoxy) is 1. The Morgan fingerprint density at radius 2 is 2.16 bits per heavy atom. The van der Waals surface area contributed by atoms with E-state index in [-0.39, 0.29) is 10.7 Å². The van der Waals surface area contributed by atoms with Crippen LogP contribution in [0.25, 0.3) is 0 Å². The van der Waals surface area contributed by atoms with Crippen LogP contribution in [0, 0.1) is 0 Å². The lowest BCUT2D eigenvalue weighted by Crippen LogP contribution is -2.45. The van der Waals surface area contributed by atoms with E-state index in [9.17, 15) is 9.59 Å². The van der Waals surface area contributed by atoms with Gasteiger partial charge in [-0.1, -0.05) is 11.6 Å². The second-order valence-corrected chi connectivity index (χ2v) is 3.92. The first-order valence-corrected chi connectivity index (χ1v) is 5.60. The first-order valence-electron chi connectivity index (χ1n) is 5.22. The second kappa shape index (κ2) is 6.81. The van der Waals surface area contributed by atoms with E-state index in [2.05, 4.69) is 10.6 Å². The number of hydrogen-bond acceptors (Lipinski definition) is 4. The van der Waals surface area contributed by atoms with E-state index < -0.39 is 24.6 Å². The maximum Gasteiger partial charge on any atom is 0.328 e. The number of halogens is 1. The molecule has 0 heterocycles. The summed E-state index contributed by atoms with van der Waals surface area (Å²) in [6.07, 6.45) is 0. The Morgan fingerprint density at radius 1 is 1.47 bits per heavy atom. The fraction of sp³-hybridized carbons (Fsp3) is 0.273. The average Bonchev–Trinajstić information content (AvgIpc) is 2.38. The van der Waals surface area contributed by atoms with E-state index in [0.717, 1.165) is 0 Å². The molecule has 0 spiro atoms. The number of carbonyl (C=O) groups is 2. The van der Waals surface area contributed by atoms with Gasteiger partial charge in [0.2, 0.25) is 0 Å². The maximum atomic E-state index is 11.5. The molecule has 0 aliphatic carbocycles. The minimum Gasteiger partial charge on any atom is -0.497 e. The molecule has 8 heteroatoms. The Hall–Kier alpha value is -1.99. The van der Waals surface area contributed by atoms with Crippen molar-refractivity contribution < 1.29 is 24.5 Å². The van der Waals surface area contributed by atoms with Crippen LogP contribution in [-0.2, 0) is 4.79 Å². The molecule has 4 N–H and O–H groups in total. The Morgan fingerprint density at radius 3 is 2.68 bits per heavy atom. The number of benzene rings is 1. The lowest BCUT2D eigenvalue weighted by atomic mass is 10.3. The van der Waals surface area contributed by atoms with Crippen molar-refractivity contribution in [3.8, 4) is 5.75 Å². The van der Waals surface area contributed by atoms with Gasteiger partial charge in [-0.2, -0.15) is 0 Å². The SMILES string of the molecule is COc1ccc(Cl)c(NC(=O)NC(CO)C(=O)O)c1. The molecule has 0 saturated heterocycles. The predicted molar refractivity (Wildman–Crippen MR) is 68.7 cm³/mol. The van der Waals surface area contributed by atoms with Gasteiger partial charge >= 0.3 is 12.0 Å². The molecule has 1 aromatic rings. The number of nitrogens with one attached hydrogen (secondary N) is 2. The first-order chi connectivity index (χ1) is 8.97. The molecule has 0 fully saturated rings. The predicted octanol–water partition coefficient (Wildman–Crippen LogP) is 0.916. The normalized spacial score (nSPS) is 11.5. The minimum absolute atomic E-state index is 0.264. The summed E-state index contributed by atoms with van der Waals surface area (Å²) in [5.74, 6) is -0.856. The fourth-order valence-corrected chi connectivity index (χ4v) is 1.39. The summed E-state index contributed by atoms with van der Waals surface area (Å²) in [6, 6.07) is 2.44. The molecule has 104 valence electrons. The van der Waals surface area contributed by atoms with E-state index in [4.69, 9.17) is 26.6 Å². The van der Waals surface area contributed by atoms with E-state index in [1.54, 1.807) is 6.07 Å². The summed E-state index contributed by atoms with van der Waals surface area (Å²) >= 11 is 5.87. The van der Waals surface area contributed by atoms with Crippen molar-refractivity contribution in [2.45, 2.75) is 6.04 Å². The molecule has 19 heavy (non-hydrogen) atoms. The van der Waals surface area contributed by atoms with Crippen LogP contribution in [0.15, 0.2) is 18.2 Å². The average molecular weight is 289 g/mol. The largest absolute Gasteiger partial charge is 0.497 e. The van der Waals surface area contributed by atoms with Gasteiger partial charge in [-0.25, -0.2) is 9.59 Å². The summed E-state index contributed by atoms with van der Waals surface area (Å²) in [6.45, 7) is -0.714. The molecular weight excluding hydrogens is 276 g/mol. The summed E-state index contributed by atoms with van der Waals surface area (Å²) in [7, 11) is 1.46. The van der Waals surface area contributed by atoms with Gasteiger partial charge in [0.05, 0.1) is 24.4 Å². The highest BCUT2D eigenvalue weighted by Gasteiger charge is 2.19. The molecule has 7 nitrogen and oxygen atoms in total. The van der Waals surface area contributed by atoms with Crippen molar-refractivity contribution in [3.05, 3.63) is 23.2 Å². The van der Waals surface area contributed by atoms with E-state index in [1.165, 1.54) is 19.2 Å². The Bertz CT molecular complexity index is 480. The van der Waals surface area contributed by atoms with Crippen molar-refractivity contribution >= 4 is 29.3 Å². The molecule has 1 aromatic carbocycles. The molecule has 1 rings (SSSR count). The van der Waals surface area contributed by atoms with Crippen LogP contribution in [0.2, 0.25) is 5.02 Å². The standard InChI is InChI=1S/C11H13ClN2O5/c1-19-6-2-3-7(12)8(4-6)13-11(18)14-9(5-15)10(16)17/h2-4,9,15H,5H2,1H3,(H,16,17)(H2,13,14,18). The van der Waals surface area contributed by atoms with Crippen LogP contribution in [0.5, 0.6) is 5.75 Å². The van der Waals surface area contributed by atoms with Gasteiger partial charge < -0.3 is 25.6 Å². The van der Waals surface area contributed by atoms with Crippen LogP contribution in [-0.4, -0.2) is 42.0 Å². The number of urea groups is 1. The third kappa shape index (κ3) is 4.31. The van der Waals surface area contributed by atoms with Crippen molar-refractivity contribution in [1.29, 1.82) is 0 Å². The highest BCUT2D eigenvalue weighted by atomic mass is 35.5. The van der Waals surface area contributed by atoms with E-state index in [1.807, 2.05) is 0 Å². The Kier molecular flexibility index (Phi) is 5.40. The molecule has 1 atom stereocenters. The highest BCUT2D eigenvalue weighted by Crippen LogP contribution is 2.26. The van der Waals surface area contributed by atoms with Crippen LogP contribution in [0.1, 0.15) is 0 Å². The Labute approximate surface area is 114 Å². The van der Waals surface area contributed by atoms with Crippen molar-refractivity contribution in [3.63, 3.8) is 0 Å². The second-order valence-electron chi connectivity index (χ2n) is 3.52. The highest BCUT2D eigenvalue weighted by molar-refractivity contribution is 6.33. The Balaban J connectivity index is 2.73. The molecule has 0 aliphatic rings. The molecule has 0 aromatic heterocycles. The van der Waals surface area contributed by atoms with E-state index >= 15 is 0 Å². The molecule has 1 unspecified atom stereocenters. The number of aliphatic hydroxyl groups is 1. The van der Waals surface area contributed by atoms with Gasteiger partial charge in [-0.3, -0.25) is 0 Å². The number of anilines is 1. The van der Waals surface area contributed by atoms with Crippen LogP contribution >= 0.6 is 11.6 Å². The van der Waals surface area contributed by atoms with Crippen LogP contribution in [0.3, 0.4) is 0 Å². The summed E-state index contributed by atoms with van der Waals surface area (Å²) in [4.78, 5) is 22.2. The van der Waals surface area contributed by atoms with Gasteiger partial charge in [0.15, 0.2) is 6.04 Å². The van der Waals surface area contributed by atoms with Crippen LogP contribution < -0.4 is 15.4 Å². The monoisotopic (exact) mass is 288 g/mol. The zero-order valence-electron chi connectivity index (χ0n) is 10.0. The van der Waals surface area contributed by atoms with E-state index in [0.29, 0.717) is 5.75 Å². The number of methoxy groups -OCH3 is 1. The lowest BCUT2D eigenvalue weighted by Gasteiger charge is -2.13. The first kappa shape index (κ1) is 15.1. The van der Waals surface area contributed by atoms with Crippen molar-refractivity contribution in [1.82, 2.24) is 5.32 Å². The third-order valence-corrected chi connectivity index (χ3v) is 2.54. The summed E-state index contributed by atoms with van der Waals surface area (Å²) in [5, 5.41) is 22.2. The van der Waals surface area contributed by atoms with Crippen LogP contribution in [0.4, 0.5) is 10.5 Å². The van der Waals surface area contributed by atoms with Gasteiger partial charge in [0.25, 0.3) is 0 Å². The number of carboxylic acids is 1. The third-order valence-electron chi connectivity index (χ3n) is 2.21. The molecule has 0 aliphatic heterocycles. The minimum atomic E-state index is -1.38. The number of amides is 2. The van der Waals surface area contributed by atoms with Crippen molar-refractivity contribution in [2.75, 3.05) is 19.0 Å². The molecule has 0 radical (unpaired) electrons. The number of carboxylic acid groups (broad SMARTS) is 1. The molecular formula is C11H13ClN2O5. The zero-order chi connectivity index (χ0) is 14.4. The smallest absolute Gasteiger partial charge is 0.328 e. The topological polar surface area (TPSA) is 108 Å². The fourth-order valence-electron chi connectivity index (χ4n) is 1.23. The van der Waals surface area contributed by atoms with Gasteiger partial charge in [0.1, 0.15) is 5.75 Å². The van der Waals surface area contributed by atoms with Crippen molar-refractivity contribution in [2.24, 2.45) is 0 Å².